The lowest BCUT2D eigenvalue weighted by atomic mass is 10.0. The fourth-order valence-electron chi connectivity index (χ4n) is 1.81. The smallest absolute Gasteiger partial charge is 0.416 e. The number of methoxy groups -OCH3 is 1. The van der Waals surface area contributed by atoms with Crippen molar-refractivity contribution in [3.05, 3.63) is 35.4 Å². The molecule has 0 aromatic heterocycles. The molecular weight excluding hydrogens is 313 g/mol. The Balaban J connectivity index is 2.86. The number of hydrogen-bond acceptors (Lipinski definition) is 4. The Morgan fingerprint density at radius 1 is 1.30 bits per heavy atom. The van der Waals surface area contributed by atoms with Crippen LogP contribution in [0.25, 0.3) is 0 Å². The molecule has 0 aliphatic rings. The third kappa shape index (κ3) is 5.29. The number of halogens is 3. The Kier molecular flexibility index (Phi) is 6.13. The van der Waals surface area contributed by atoms with Crippen LogP contribution < -0.4 is 5.32 Å². The highest BCUT2D eigenvalue weighted by atomic mass is 19.4. The number of carbonyl (C=O) groups excluding carboxylic acids is 2. The number of nitrogens with zero attached hydrogens (tertiary/aromatic N) is 1. The number of benzene rings is 1. The van der Waals surface area contributed by atoms with Crippen LogP contribution in [0.3, 0.4) is 0 Å². The van der Waals surface area contributed by atoms with Gasteiger partial charge in [-0.3, -0.25) is 4.79 Å². The standard InChI is InChI=1S/C15H15F3N2O3/c1-9(8-19)7-12(14(22)23-2)20-13(21)10-3-5-11(6-4-10)15(16,17)18/h3-6,9,12H,7H2,1-2H3,(H,20,21)/t9-,12+/m0/s1. The van der Waals surface area contributed by atoms with Crippen LogP contribution in [0.4, 0.5) is 13.2 Å². The number of alkyl halides is 3. The van der Waals surface area contributed by atoms with Crippen molar-refractivity contribution < 1.29 is 27.5 Å². The van der Waals surface area contributed by atoms with E-state index in [9.17, 15) is 22.8 Å². The summed E-state index contributed by atoms with van der Waals surface area (Å²) >= 11 is 0. The molecule has 1 amide bonds. The van der Waals surface area contributed by atoms with E-state index < -0.39 is 35.6 Å². The van der Waals surface area contributed by atoms with Gasteiger partial charge in [0.05, 0.1) is 18.7 Å². The molecule has 23 heavy (non-hydrogen) atoms. The predicted octanol–water partition coefficient (Wildman–Crippen LogP) is 2.53. The second-order valence-electron chi connectivity index (χ2n) is 4.89. The quantitative estimate of drug-likeness (QED) is 0.843. The van der Waals surface area contributed by atoms with Crippen molar-refractivity contribution in [2.75, 3.05) is 7.11 Å². The van der Waals surface area contributed by atoms with E-state index in [1.165, 1.54) is 0 Å². The minimum Gasteiger partial charge on any atom is -0.467 e. The first-order valence-corrected chi connectivity index (χ1v) is 6.64. The van der Waals surface area contributed by atoms with Gasteiger partial charge in [0.1, 0.15) is 6.04 Å². The number of amides is 1. The summed E-state index contributed by atoms with van der Waals surface area (Å²) in [6.07, 6.45) is -4.46. The molecule has 5 nitrogen and oxygen atoms in total. The van der Waals surface area contributed by atoms with Gasteiger partial charge in [0, 0.05) is 11.5 Å². The maximum absolute atomic E-state index is 12.5. The molecule has 0 spiro atoms. The zero-order valence-corrected chi connectivity index (χ0v) is 12.5. The van der Waals surface area contributed by atoms with Crippen molar-refractivity contribution in [3.8, 4) is 6.07 Å². The van der Waals surface area contributed by atoms with Gasteiger partial charge in [-0.2, -0.15) is 18.4 Å². The van der Waals surface area contributed by atoms with E-state index in [4.69, 9.17) is 5.26 Å². The highest BCUT2D eigenvalue weighted by molar-refractivity contribution is 5.96. The molecule has 0 fully saturated rings. The third-order valence-corrected chi connectivity index (χ3v) is 3.08. The van der Waals surface area contributed by atoms with Crippen LogP contribution in [0.1, 0.15) is 29.3 Å². The molecule has 0 saturated carbocycles. The molecule has 0 aliphatic carbocycles. The van der Waals surface area contributed by atoms with E-state index in [0.29, 0.717) is 0 Å². The minimum atomic E-state index is -4.49. The van der Waals surface area contributed by atoms with Crippen molar-refractivity contribution in [3.63, 3.8) is 0 Å². The van der Waals surface area contributed by atoms with Crippen molar-refractivity contribution in [2.45, 2.75) is 25.6 Å². The summed E-state index contributed by atoms with van der Waals surface area (Å²) in [6.45, 7) is 1.57. The lowest BCUT2D eigenvalue weighted by Crippen LogP contribution is -2.42. The SMILES string of the molecule is COC(=O)[C@@H](C[C@H](C)C#N)NC(=O)c1ccc(C(F)(F)F)cc1. The first kappa shape index (κ1) is 18.5. The first-order valence-electron chi connectivity index (χ1n) is 6.64. The molecule has 0 saturated heterocycles. The Labute approximate surface area is 131 Å². The van der Waals surface area contributed by atoms with Gasteiger partial charge in [-0.05, 0) is 37.6 Å². The van der Waals surface area contributed by atoms with Gasteiger partial charge >= 0.3 is 12.1 Å². The van der Waals surface area contributed by atoms with E-state index in [1.807, 2.05) is 6.07 Å². The molecule has 0 bridgehead atoms. The Morgan fingerprint density at radius 2 is 1.87 bits per heavy atom. The molecule has 0 radical (unpaired) electrons. The lowest BCUT2D eigenvalue weighted by molar-refractivity contribution is -0.143. The molecule has 1 aromatic rings. The Hall–Kier alpha value is -2.56. The number of nitrogens with one attached hydrogen (secondary N) is 1. The summed E-state index contributed by atoms with van der Waals surface area (Å²) in [4.78, 5) is 23.6. The fourth-order valence-corrected chi connectivity index (χ4v) is 1.81. The molecule has 0 unspecified atom stereocenters. The van der Waals surface area contributed by atoms with Crippen molar-refractivity contribution >= 4 is 11.9 Å². The molecule has 0 aliphatic heterocycles. The van der Waals surface area contributed by atoms with E-state index >= 15 is 0 Å². The Morgan fingerprint density at radius 3 is 2.30 bits per heavy atom. The molecule has 1 N–H and O–H groups in total. The van der Waals surface area contributed by atoms with Crippen LogP contribution in [0.15, 0.2) is 24.3 Å². The molecule has 8 heteroatoms. The van der Waals surface area contributed by atoms with E-state index in [-0.39, 0.29) is 12.0 Å². The fraction of sp³-hybridized carbons (Fsp3) is 0.400. The molecule has 1 aromatic carbocycles. The van der Waals surface area contributed by atoms with Gasteiger partial charge in [0.25, 0.3) is 5.91 Å². The van der Waals surface area contributed by atoms with Crippen molar-refractivity contribution in [2.24, 2.45) is 5.92 Å². The number of ether oxygens (including phenoxy) is 1. The van der Waals surface area contributed by atoms with E-state index in [1.54, 1.807) is 6.92 Å². The minimum absolute atomic E-state index is 0.0310. The summed E-state index contributed by atoms with van der Waals surface area (Å²) < 4.78 is 42.0. The van der Waals surface area contributed by atoms with Gasteiger partial charge in [0.2, 0.25) is 0 Å². The van der Waals surface area contributed by atoms with Crippen LogP contribution in [-0.2, 0) is 15.7 Å². The summed E-state index contributed by atoms with van der Waals surface area (Å²) in [5.74, 6) is -1.96. The largest absolute Gasteiger partial charge is 0.467 e. The van der Waals surface area contributed by atoms with Crippen LogP contribution >= 0.6 is 0 Å². The molecule has 2 atom stereocenters. The molecule has 0 heterocycles. The number of carbonyl (C=O) groups is 2. The maximum Gasteiger partial charge on any atom is 0.416 e. The highest BCUT2D eigenvalue weighted by Gasteiger charge is 2.30. The summed E-state index contributed by atoms with van der Waals surface area (Å²) in [5.41, 5.74) is -0.909. The van der Waals surface area contributed by atoms with Crippen LogP contribution in [-0.4, -0.2) is 25.0 Å². The van der Waals surface area contributed by atoms with Crippen LogP contribution in [0.2, 0.25) is 0 Å². The summed E-state index contributed by atoms with van der Waals surface area (Å²) in [6, 6.07) is 4.46. The predicted molar refractivity (Wildman–Crippen MR) is 74.1 cm³/mol. The van der Waals surface area contributed by atoms with Gasteiger partial charge in [0.15, 0.2) is 0 Å². The highest BCUT2D eigenvalue weighted by Crippen LogP contribution is 2.29. The van der Waals surface area contributed by atoms with Crippen LogP contribution in [0, 0.1) is 17.2 Å². The van der Waals surface area contributed by atoms with Crippen molar-refractivity contribution in [1.29, 1.82) is 5.26 Å². The van der Waals surface area contributed by atoms with Crippen molar-refractivity contribution in [1.82, 2.24) is 5.32 Å². The third-order valence-electron chi connectivity index (χ3n) is 3.08. The van der Waals surface area contributed by atoms with Crippen LogP contribution in [0.5, 0.6) is 0 Å². The number of hydrogen-bond donors (Lipinski definition) is 1. The maximum atomic E-state index is 12.5. The zero-order chi connectivity index (χ0) is 17.6. The van der Waals surface area contributed by atoms with Gasteiger partial charge in [-0.25, -0.2) is 4.79 Å². The number of rotatable bonds is 5. The average molecular weight is 328 g/mol. The number of esters is 1. The normalized spacial score (nSPS) is 13.6. The summed E-state index contributed by atoms with van der Waals surface area (Å²) in [7, 11) is 1.14. The zero-order valence-electron chi connectivity index (χ0n) is 12.5. The summed E-state index contributed by atoms with van der Waals surface area (Å²) in [5, 5.41) is 11.1. The van der Waals surface area contributed by atoms with Gasteiger partial charge in [-0.15, -0.1) is 0 Å². The molecular formula is C15H15F3N2O3. The Bertz CT molecular complexity index is 606. The average Bonchev–Trinajstić information content (AvgIpc) is 2.52. The first-order chi connectivity index (χ1) is 10.7. The van der Waals surface area contributed by atoms with Gasteiger partial charge < -0.3 is 10.1 Å². The second-order valence-corrected chi connectivity index (χ2v) is 4.89. The van der Waals surface area contributed by atoms with E-state index in [0.717, 1.165) is 31.4 Å². The molecule has 1 rings (SSSR count). The second kappa shape index (κ2) is 7.63. The van der Waals surface area contributed by atoms with E-state index in [2.05, 4.69) is 10.1 Å². The lowest BCUT2D eigenvalue weighted by Gasteiger charge is -2.17. The topological polar surface area (TPSA) is 79.2 Å². The monoisotopic (exact) mass is 328 g/mol. The number of nitriles is 1. The molecule has 124 valence electrons. The van der Waals surface area contributed by atoms with Gasteiger partial charge in [-0.1, -0.05) is 0 Å².